The van der Waals surface area contributed by atoms with Crippen LogP contribution in [0.15, 0.2) is 36.4 Å². The number of methoxy groups -OCH3 is 1. The molecule has 5 heteroatoms. The molecule has 4 nitrogen and oxygen atoms in total. The Bertz CT molecular complexity index is 897. The second-order valence-corrected chi connectivity index (χ2v) is 5.81. The predicted molar refractivity (Wildman–Crippen MR) is 92.6 cm³/mol. The van der Waals surface area contributed by atoms with Crippen LogP contribution in [-0.4, -0.2) is 32.5 Å². The van der Waals surface area contributed by atoms with E-state index >= 15 is 0 Å². The maximum Gasteiger partial charge on any atom is 0.407 e. The van der Waals surface area contributed by atoms with Gasteiger partial charge in [0.25, 0.3) is 0 Å². The minimum absolute atomic E-state index is 0.0949. The van der Waals surface area contributed by atoms with E-state index in [2.05, 4.69) is 17.3 Å². The summed E-state index contributed by atoms with van der Waals surface area (Å²) in [6, 6.07) is 12.2. The van der Waals surface area contributed by atoms with Gasteiger partial charge in [-0.05, 0) is 16.5 Å². The minimum Gasteiger partial charge on any atom is -0.442 e. The summed E-state index contributed by atoms with van der Waals surface area (Å²) in [5, 5.41) is 6.06. The molecular formula is C19H16ClNO3. The van der Waals surface area contributed by atoms with Crippen LogP contribution >= 0.6 is 11.6 Å². The molecule has 0 aromatic carbocycles. The molecule has 1 amide bonds. The standard InChI is InChI=1S/C8H4.C6H3Cl.C5H9NO3/c1-2-6-5-7-3-4-8(6)7;7-6-4-2-1-3-5(4)6;1-8-3-4-2-6-5(7)9-4/h1,3-5H;1-3H;4H,2-3H2,1H3,(H,6,7). The third-order valence-electron chi connectivity index (χ3n) is 3.81. The molecule has 24 heavy (non-hydrogen) atoms. The zero-order chi connectivity index (χ0) is 17.1. The fourth-order valence-electron chi connectivity index (χ4n) is 2.38. The Morgan fingerprint density at radius 1 is 1.38 bits per heavy atom. The lowest BCUT2D eigenvalue weighted by atomic mass is 10.0. The zero-order valence-corrected chi connectivity index (χ0v) is 13.9. The van der Waals surface area contributed by atoms with Crippen molar-refractivity contribution in [2.75, 3.05) is 20.3 Å². The van der Waals surface area contributed by atoms with Crippen LogP contribution in [0.1, 0.15) is 5.56 Å². The van der Waals surface area contributed by atoms with E-state index in [1.54, 1.807) is 7.11 Å². The first-order chi connectivity index (χ1) is 11.6. The van der Waals surface area contributed by atoms with Crippen molar-refractivity contribution in [3.63, 3.8) is 0 Å². The number of hydrogen-bond acceptors (Lipinski definition) is 3. The van der Waals surface area contributed by atoms with Gasteiger partial charge in [-0.3, -0.25) is 0 Å². The molecule has 1 heterocycles. The summed E-state index contributed by atoms with van der Waals surface area (Å²) in [4.78, 5) is 10.3. The van der Waals surface area contributed by atoms with Gasteiger partial charge in [-0.1, -0.05) is 47.9 Å². The average molecular weight is 342 g/mol. The zero-order valence-electron chi connectivity index (χ0n) is 13.1. The first kappa shape index (κ1) is 16.4. The Labute approximate surface area is 145 Å². The molecular weight excluding hydrogens is 326 g/mol. The number of nitrogens with one attached hydrogen (secondary N) is 1. The molecule has 0 saturated carbocycles. The Morgan fingerprint density at radius 2 is 2.12 bits per heavy atom. The largest absolute Gasteiger partial charge is 0.442 e. The van der Waals surface area contributed by atoms with Crippen LogP contribution in [-0.2, 0) is 9.47 Å². The Morgan fingerprint density at radius 3 is 2.42 bits per heavy atom. The number of hydrogen-bond donors (Lipinski definition) is 1. The Kier molecular flexibility index (Phi) is 4.75. The molecule has 1 N–H and O–H groups in total. The lowest BCUT2D eigenvalue weighted by molar-refractivity contribution is 0.0717. The fraction of sp³-hybridized carbons (Fsp3) is 0.211. The van der Waals surface area contributed by atoms with Crippen LogP contribution in [0.25, 0.3) is 11.1 Å². The van der Waals surface area contributed by atoms with Gasteiger partial charge in [-0.2, -0.15) is 0 Å². The number of amides is 1. The van der Waals surface area contributed by atoms with Gasteiger partial charge in [0.1, 0.15) is 6.10 Å². The van der Waals surface area contributed by atoms with Crippen molar-refractivity contribution in [2.24, 2.45) is 0 Å². The van der Waals surface area contributed by atoms with E-state index in [1.165, 1.54) is 21.6 Å². The van der Waals surface area contributed by atoms with Crippen LogP contribution in [0.3, 0.4) is 0 Å². The van der Waals surface area contributed by atoms with Crippen molar-refractivity contribution >= 4 is 17.7 Å². The molecule has 1 unspecified atom stereocenters. The number of cyclic esters (lactones) is 1. The van der Waals surface area contributed by atoms with Gasteiger partial charge in [-0.15, -0.1) is 6.42 Å². The van der Waals surface area contributed by atoms with E-state index in [4.69, 9.17) is 27.5 Å². The number of fused-ring (bicyclic) bond motifs is 1. The van der Waals surface area contributed by atoms with Gasteiger partial charge in [0.15, 0.2) is 0 Å². The Balaban J connectivity index is 0.000000106. The number of rotatable bonds is 2. The quantitative estimate of drug-likeness (QED) is 0.569. The van der Waals surface area contributed by atoms with Gasteiger partial charge in [0, 0.05) is 23.8 Å². The number of alkyl carbamates (subject to hydrolysis) is 1. The summed E-state index contributed by atoms with van der Waals surface area (Å²) in [5.74, 6) is 2.58. The summed E-state index contributed by atoms with van der Waals surface area (Å²) in [6.45, 7) is 1.03. The van der Waals surface area contributed by atoms with Crippen molar-refractivity contribution < 1.29 is 14.3 Å². The molecule has 1 saturated heterocycles. The maximum absolute atomic E-state index is 10.3. The van der Waals surface area contributed by atoms with E-state index in [9.17, 15) is 4.79 Å². The van der Waals surface area contributed by atoms with Gasteiger partial charge < -0.3 is 14.8 Å². The topological polar surface area (TPSA) is 47.6 Å². The van der Waals surface area contributed by atoms with Crippen molar-refractivity contribution in [3.05, 3.63) is 57.4 Å². The SMILES string of the molecule is C#Cc1cc2ccc1=2.COCC1CNC(=O)O1.Clc1c2cccc1-2. The number of carbonyl (C=O) groups is 1. The van der Waals surface area contributed by atoms with Crippen LogP contribution in [0.5, 0.6) is 0 Å². The molecule has 4 aliphatic carbocycles. The summed E-state index contributed by atoms with van der Waals surface area (Å²) < 4.78 is 9.48. The predicted octanol–water partition coefficient (Wildman–Crippen LogP) is 3.33. The smallest absolute Gasteiger partial charge is 0.407 e. The highest BCUT2D eigenvalue weighted by Gasteiger charge is 2.21. The number of halogens is 1. The summed E-state index contributed by atoms with van der Waals surface area (Å²) >= 11 is 5.61. The molecule has 1 aliphatic heterocycles. The maximum atomic E-state index is 10.3. The monoisotopic (exact) mass is 341 g/mol. The first-order valence-electron chi connectivity index (χ1n) is 7.47. The van der Waals surface area contributed by atoms with Crippen LogP contribution in [0, 0.1) is 22.8 Å². The highest BCUT2D eigenvalue weighted by molar-refractivity contribution is 6.41. The number of benzene rings is 2. The highest BCUT2D eigenvalue weighted by Crippen LogP contribution is 2.47. The van der Waals surface area contributed by atoms with Crippen molar-refractivity contribution in [2.45, 2.75) is 6.10 Å². The van der Waals surface area contributed by atoms with Gasteiger partial charge >= 0.3 is 6.09 Å². The van der Waals surface area contributed by atoms with Crippen molar-refractivity contribution in [1.29, 1.82) is 0 Å². The number of carbonyl (C=O) groups excluding carboxylic acids is 1. The van der Waals surface area contributed by atoms with Gasteiger partial charge in [0.05, 0.1) is 18.2 Å². The molecule has 0 radical (unpaired) electrons. The average Bonchev–Trinajstić information content (AvgIpc) is 2.95. The first-order valence-corrected chi connectivity index (χ1v) is 7.85. The van der Waals surface area contributed by atoms with Gasteiger partial charge in [0.2, 0.25) is 0 Å². The van der Waals surface area contributed by atoms with E-state index in [1.807, 2.05) is 30.3 Å². The van der Waals surface area contributed by atoms with E-state index < -0.39 is 0 Å². The molecule has 0 aromatic rings. The van der Waals surface area contributed by atoms with E-state index in [-0.39, 0.29) is 12.2 Å². The molecule has 5 rings (SSSR count). The van der Waals surface area contributed by atoms with Crippen LogP contribution < -0.4 is 5.32 Å². The molecule has 122 valence electrons. The second kappa shape index (κ2) is 6.96. The fourth-order valence-corrected chi connectivity index (χ4v) is 2.66. The molecule has 0 bridgehead atoms. The van der Waals surface area contributed by atoms with Gasteiger partial charge in [-0.25, -0.2) is 4.79 Å². The third kappa shape index (κ3) is 3.38. The molecule has 5 aliphatic rings. The summed E-state index contributed by atoms with van der Waals surface area (Å²) in [5.41, 5.74) is 3.53. The second-order valence-electron chi connectivity index (χ2n) is 5.44. The van der Waals surface area contributed by atoms with Crippen LogP contribution in [0.4, 0.5) is 4.79 Å². The number of ether oxygens (including phenoxy) is 2. The molecule has 0 spiro atoms. The van der Waals surface area contributed by atoms with Crippen molar-refractivity contribution in [3.8, 4) is 23.5 Å². The third-order valence-corrected chi connectivity index (χ3v) is 4.22. The van der Waals surface area contributed by atoms with Crippen LogP contribution in [0.2, 0.25) is 5.02 Å². The minimum atomic E-state index is -0.350. The summed E-state index contributed by atoms with van der Waals surface area (Å²) in [6.07, 6.45) is 4.69. The molecule has 0 aromatic heterocycles. The number of terminal acetylenes is 1. The lowest BCUT2D eigenvalue weighted by Crippen LogP contribution is -2.19. The summed E-state index contributed by atoms with van der Waals surface area (Å²) in [7, 11) is 1.58. The normalized spacial score (nSPS) is 16.4. The van der Waals surface area contributed by atoms with E-state index in [0.717, 1.165) is 10.6 Å². The highest BCUT2D eigenvalue weighted by atomic mass is 35.5. The van der Waals surface area contributed by atoms with E-state index in [0.29, 0.717) is 13.2 Å². The molecule has 1 atom stereocenters. The van der Waals surface area contributed by atoms with Crippen molar-refractivity contribution in [1.82, 2.24) is 5.32 Å². The lowest BCUT2D eigenvalue weighted by Gasteiger charge is -2.03. The Hall–Kier alpha value is -2.48. The molecule has 1 fully saturated rings.